The molecule has 0 spiro atoms. The molecule has 0 fully saturated rings. The Morgan fingerprint density at radius 2 is 0.508 bits per heavy atom. The topological polar surface area (TPSA) is 500 Å². The van der Waals surface area contributed by atoms with E-state index < -0.39 is 167 Å². The number of phosphoric ester groups is 8. The molecule has 63 heavy (non-hydrogen) atoms. The Kier molecular flexibility index (Phi) is 31.6. The van der Waals surface area contributed by atoms with E-state index in [0.29, 0.717) is 6.42 Å². The van der Waals surface area contributed by atoms with Gasteiger partial charge in [-0.15, -0.1) is 0 Å². The maximum Gasteiger partial charge on any atom is 0.268 e. The van der Waals surface area contributed by atoms with Crippen molar-refractivity contribution < 1.29 is 154 Å². The van der Waals surface area contributed by atoms with Gasteiger partial charge in [0.1, 0.15) is 0 Å². The Morgan fingerprint density at radius 1 is 0.333 bits per heavy atom. The molecule has 0 aliphatic rings. The Hall–Kier alpha value is 0.840. The van der Waals surface area contributed by atoms with Crippen LogP contribution in [0.4, 0.5) is 0 Å². The summed E-state index contributed by atoms with van der Waals surface area (Å²) in [6, 6.07) is 0. The van der Waals surface area contributed by atoms with Gasteiger partial charge in [0.15, 0.2) is 0 Å². The zero-order chi connectivity index (χ0) is 48.5. The molecule has 33 nitrogen and oxygen atoms in total. The van der Waals surface area contributed by atoms with Crippen molar-refractivity contribution in [1.29, 1.82) is 0 Å². The van der Waals surface area contributed by atoms with Crippen LogP contribution in [-0.4, -0.2) is 116 Å². The molecule has 0 saturated heterocycles. The lowest BCUT2D eigenvalue weighted by Gasteiger charge is -2.27. The van der Waals surface area contributed by atoms with Gasteiger partial charge >= 0.3 is 0 Å². The number of hydrogen-bond donors (Lipinski definition) is 2. The minimum Gasteiger partial charge on any atom is -0.756 e. The fourth-order valence-electron chi connectivity index (χ4n) is 3.23. The van der Waals surface area contributed by atoms with Crippen LogP contribution >= 0.6 is 62.6 Å². The van der Waals surface area contributed by atoms with E-state index in [1.165, 1.54) is 6.92 Å². The van der Waals surface area contributed by atoms with Gasteiger partial charge in [-0.2, -0.15) is 0 Å². The molecule has 0 heterocycles. The number of rotatable bonds is 42. The summed E-state index contributed by atoms with van der Waals surface area (Å²) in [4.78, 5) is 101. The highest BCUT2D eigenvalue weighted by atomic mass is 31.2. The van der Waals surface area contributed by atoms with Crippen LogP contribution in [0.1, 0.15) is 26.7 Å². The summed E-state index contributed by atoms with van der Waals surface area (Å²) in [7, 11) is -40.9. The smallest absolute Gasteiger partial charge is 0.268 e. The predicted octanol–water partition coefficient (Wildman–Crippen LogP) is -2.98. The van der Waals surface area contributed by atoms with Gasteiger partial charge < -0.3 is 117 Å². The molecule has 380 valence electrons. The zero-order valence-electron chi connectivity index (χ0n) is 33.0. The van der Waals surface area contributed by atoms with Crippen molar-refractivity contribution in [2.24, 2.45) is 11.8 Å². The van der Waals surface area contributed by atoms with Crippen molar-refractivity contribution in [3.8, 4) is 0 Å². The first-order chi connectivity index (χ1) is 28.9. The highest BCUT2D eigenvalue weighted by Gasteiger charge is 2.20. The second-order valence-electron chi connectivity index (χ2n) is 11.2. The van der Waals surface area contributed by atoms with Gasteiger partial charge in [0.2, 0.25) is 0 Å². The van der Waals surface area contributed by atoms with Crippen LogP contribution in [0.15, 0.2) is 0 Å². The van der Waals surface area contributed by atoms with E-state index in [2.05, 4.69) is 67.9 Å². The predicted molar refractivity (Wildman–Crippen MR) is 187 cm³/mol. The molecule has 0 radical (unpaired) electrons. The van der Waals surface area contributed by atoms with Crippen LogP contribution in [-0.2, 0) is 104 Å². The van der Waals surface area contributed by atoms with Gasteiger partial charge in [-0.1, -0.05) is 13.8 Å². The van der Waals surface area contributed by atoms with Crippen LogP contribution in [0.5, 0.6) is 0 Å². The Bertz CT molecular complexity index is 1670. The lowest BCUT2D eigenvalue weighted by Crippen LogP contribution is -2.20. The van der Waals surface area contributed by atoms with Gasteiger partial charge in [0.25, 0.3) is 62.6 Å². The maximum atomic E-state index is 11.8. The van der Waals surface area contributed by atoms with E-state index in [1.54, 1.807) is 6.92 Å². The molecule has 10 unspecified atom stereocenters. The molecule has 0 aromatic heterocycles. The Morgan fingerprint density at radius 3 is 0.683 bits per heavy atom. The quantitative estimate of drug-likeness (QED) is 0.0455. The third-order valence-electron chi connectivity index (χ3n) is 6.32. The van der Waals surface area contributed by atoms with Gasteiger partial charge in [-0.3, -0.25) is 36.5 Å². The van der Waals surface area contributed by atoms with E-state index >= 15 is 0 Å². The molecule has 0 aromatic rings. The average molecular weight is 1090 g/mol. The summed E-state index contributed by atoms with van der Waals surface area (Å²) in [6.45, 7) is -10.2. The molecule has 0 aliphatic carbocycles. The summed E-state index contributed by atoms with van der Waals surface area (Å²) in [5.74, 6) is -1.29. The fraction of sp³-hybridized carbons (Fsp3) is 1.00. The zero-order valence-corrected chi connectivity index (χ0v) is 40.2. The van der Waals surface area contributed by atoms with Crippen LogP contribution in [0.25, 0.3) is 0 Å². The highest BCUT2D eigenvalue weighted by Crippen LogP contribution is 2.45. The van der Waals surface area contributed by atoms with E-state index in [4.69, 9.17) is 10.00 Å². The lowest BCUT2D eigenvalue weighted by molar-refractivity contribution is -0.238. The molecular weight excluding hydrogens is 1040 g/mol. The molecule has 41 heteroatoms. The van der Waals surface area contributed by atoms with Gasteiger partial charge in [-0.05, 0) is 12.8 Å². The van der Waals surface area contributed by atoms with Crippen molar-refractivity contribution in [2.45, 2.75) is 26.7 Å². The molecule has 0 aromatic carbocycles. The van der Waals surface area contributed by atoms with E-state index in [9.17, 15) is 75.7 Å². The van der Waals surface area contributed by atoms with E-state index in [-0.39, 0.29) is 19.6 Å². The molecule has 0 bridgehead atoms. The minimum absolute atomic E-state index is 0.163. The number of phosphoric acid groups is 8. The summed E-state index contributed by atoms with van der Waals surface area (Å²) < 4.78 is 158. The Balaban J connectivity index is 4.24. The number of aliphatic hydroxyl groups excluding tert-OH is 1. The molecule has 0 aliphatic heterocycles. The third-order valence-corrected chi connectivity index (χ3v) is 13.7. The van der Waals surface area contributed by atoms with Crippen molar-refractivity contribution in [3.63, 3.8) is 0 Å². The summed E-state index contributed by atoms with van der Waals surface area (Å²) in [5, 5.41) is 9.03. The molecule has 0 saturated carbocycles. The maximum absolute atomic E-state index is 11.8. The Labute approximate surface area is 359 Å². The second-order valence-corrected chi connectivity index (χ2v) is 22.3. The monoisotopic (exact) mass is 1090 g/mol. The molecular formula is C22H46O33P8-8. The van der Waals surface area contributed by atoms with Gasteiger partial charge in [0, 0.05) is 18.4 Å². The minimum atomic E-state index is -5.23. The van der Waals surface area contributed by atoms with Crippen LogP contribution in [0, 0.1) is 11.8 Å². The normalized spacial score (nSPS) is 21.0. The lowest BCUT2D eigenvalue weighted by atomic mass is 10.1. The van der Waals surface area contributed by atoms with E-state index in [1.807, 2.05) is 0 Å². The number of hydrogen-bond acceptors (Lipinski definition) is 32. The van der Waals surface area contributed by atoms with Gasteiger partial charge in [0.05, 0.1) is 99.1 Å². The molecule has 0 amide bonds. The van der Waals surface area contributed by atoms with Crippen LogP contribution < -0.4 is 39.1 Å². The third kappa shape index (κ3) is 37.4. The van der Waals surface area contributed by atoms with Crippen molar-refractivity contribution in [2.75, 3.05) is 106 Å². The first kappa shape index (κ1) is 63.8. The largest absolute Gasteiger partial charge is 0.756 e. The summed E-state index contributed by atoms with van der Waals surface area (Å²) >= 11 is 0. The second kappa shape index (κ2) is 31.1. The first-order valence-electron chi connectivity index (χ1n) is 17.4. The highest BCUT2D eigenvalue weighted by molar-refractivity contribution is 7.47. The van der Waals surface area contributed by atoms with Crippen LogP contribution in [0.2, 0.25) is 0 Å². The summed E-state index contributed by atoms with van der Waals surface area (Å²) in [5.41, 5.74) is 0. The van der Waals surface area contributed by atoms with Crippen LogP contribution in [0.3, 0.4) is 0 Å². The molecule has 2 N–H and O–H groups in total. The van der Waals surface area contributed by atoms with Gasteiger partial charge in [-0.25, -0.2) is 0 Å². The molecule has 0 rings (SSSR count). The standard InChI is InChI=1S/C22H54O33P8/c1-3-21(17-23)18-54-62(37,38)51-15-13-49-60(33,34)47-11-9-45-58(29,30)43-7-5-41-57(27,28)42-6-8-44-59(31,32)46-10-12-48-61(35,36)50-14-16-52-63(39,40)55-20-22(4-2)19-53-56(24,25)26/h21-23H,3-20H2,1-2H3,(H,27,28)(H,29,30)(H,31,32)(H,33,34)(H,35,36)(H,37,38)(H,39,40)(H2,24,25,26)/p-8. The van der Waals surface area contributed by atoms with E-state index in [0.717, 1.165) is 0 Å². The molecule has 10 atom stereocenters. The SMILES string of the molecule is CCC(CO)COP(=O)([O-])OCCOP(=O)([O-])OCCOP(=O)([O-])OCCOP(=O)([O-])OCCOP(=O)([O-])OCCOP(=O)([O-])OCCOP(=O)([O-])OCC(CC)COP(=O)([O-])O. The number of aliphatic hydroxyl groups is 1. The first-order valence-corrected chi connectivity index (χ1v) is 29.1. The van der Waals surface area contributed by atoms with Crippen molar-refractivity contribution >= 4 is 62.6 Å². The van der Waals surface area contributed by atoms with Crippen molar-refractivity contribution in [1.82, 2.24) is 0 Å². The average Bonchev–Trinajstić information content (AvgIpc) is 3.16. The van der Waals surface area contributed by atoms with Crippen molar-refractivity contribution in [3.05, 3.63) is 0 Å². The summed E-state index contributed by atoms with van der Waals surface area (Å²) in [6.07, 6.45) is 0.566. The fourth-order valence-corrected chi connectivity index (χ4v) is 8.51.